The van der Waals surface area contributed by atoms with E-state index in [0.29, 0.717) is 17.2 Å². The standard InChI is InChI=1S/C11H16N2O3S/c1-12-9-5-3-6-10(11(9)13(14)15)17-8-4-7-16-2/h3,5-6,12H,4,7-8H2,1-2H3. The van der Waals surface area contributed by atoms with Crippen LogP contribution in [0.4, 0.5) is 11.4 Å². The Morgan fingerprint density at radius 1 is 1.53 bits per heavy atom. The van der Waals surface area contributed by atoms with Gasteiger partial charge in [-0.3, -0.25) is 10.1 Å². The second-order valence-electron chi connectivity index (χ2n) is 3.35. The molecule has 0 heterocycles. The van der Waals surface area contributed by atoms with Crippen LogP contribution in [0.5, 0.6) is 0 Å². The molecule has 0 radical (unpaired) electrons. The molecule has 0 unspecified atom stereocenters. The van der Waals surface area contributed by atoms with Crippen molar-refractivity contribution < 1.29 is 9.66 Å². The normalized spacial score (nSPS) is 10.2. The highest BCUT2D eigenvalue weighted by Crippen LogP contribution is 2.35. The first-order valence-electron chi connectivity index (χ1n) is 5.27. The zero-order valence-electron chi connectivity index (χ0n) is 9.93. The molecule has 0 aliphatic carbocycles. The summed E-state index contributed by atoms with van der Waals surface area (Å²) >= 11 is 1.48. The van der Waals surface area contributed by atoms with Gasteiger partial charge in [-0.25, -0.2) is 0 Å². The Kier molecular flexibility index (Phi) is 5.79. The van der Waals surface area contributed by atoms with E-state index in [1.807, 2.05) is 6.07 Å². The maximum Gasteiger partial charge on any atom is 0.305 e. The Hall–Kier alpha value is -1.27. The molecule has 1 aromatic rings. The molecule has 0 fully saturated rings. The largest absolute Gasteiger partial charge is 0.385 e. The lowest BCUT2D eigenvalue weighted by Gasteiger charge is -2.06. The lowest BCUT2D eigenvalue weighted by Crippen LogP contribution is -1.98. The van der Waals surface area contributed by atoms with Crippen molar-refractivity contribution in [3.63, 3.8) is 0 Å². The van der Waals surface area contributed by atoms with E-state index < -0.39 is 0 Å². The number of anilines is 1. The fourth-order valence-corrected chi connectivity index (χ4v) is 2.39. The molecule has 5 nitrogen and oxygen atoms in total. The third-order valence-corrected chi connectivity index (χ3v) is 3.33. The number of ether oxygens (including phenoxy) is 1. The summed E-state index contributed by atoms with van der Waals surface area (Å²) in [5.74, 6) is 0.807. The molecule has 0 amide bonds. The molecule has 6 heteroatoms. The molecular formula is C11H16N2O3S. The highest BCUT2D eigenvalue weighted by Gasteiger charge is 2.18. The fourth-order valence-electron chi connectivity index (χ4n) is 1.41. The van der Waals surface area contributed by atoms with Crippen LogP contribution in [0, 0.1) is 10.1 Å². The summed E-state index contributed by atoms with van der Waals surface area (Å²) in [7, 11) is 3.33. The van der Waals surface area contributed by atoms with Gasteiger partial charge in [-0.1, -0.05) is 6.07 Å². The zero-order chi connectivity index (χ0) is 12.7. The molecule has 0 bridgehead atoms. The van der Waals surface area contributed by atoms with Gasteiger partial charge in [0.25, 0.3) is 0 Å². The van der Waals surface area contributed by atoms with Crippen LogP contribution in [-0.2, 0) is 4.74 Å². The number of thioether (sulfide) groups is 1. The van der Waals surface area contributed by atoms with Crippen molar-refractivity contribution in [2.75, 3.05) is 31.8 Å². The lowest BCUT2D eigenvalue weighted by atomic mass is 10.3. The Balaban J connectivity index is 2.79. The Morgan fingerprint density at radius 2 is 2.29 bits per heavy atom. The third kappa shape index (κ3) is 3.90. The number of rotatable bonds is 7. The maximum absolute atomic E-state index is 11.0. The summed E-state index contributed by atoms with van der Waals surface area (Å²) < 4.78 is 4.94. The topological polar surface area (TPSA) is 64.4 Å². The first-order valence-corrected chi connectivity index (χ1v) is 6.26. The van der Waals surface area contributed by atoms with Crippen LogP contribution in [0.2, 0.25) is 0 Å². The van der Waals surface area contributed by atoms with Gasteiger partial charge in [0, 0.05) is 26.5 Å². The van der Waals surface area contributed by atoms with E-state index in [4.69, 9.17) is 4.74 Å². The van der Waals surface area contributed by atoms with E-state index in [1.54, 1.807) is 26.3 Å². The van der Waals surface area contributed by atoms with Gasteiger partial charge in [0.1, 0.15) is 5.69 Å². The summed E-state index contributed by atoms with van der Waals surface area (Å²) in [4.78, 5) is 11.4. The van der Waals surface area contributed by atoms with Gasteiger partial charge in [0.15, 0.2) is 0 Å². The predicted molar refractivity (Wildman–Crippen MR) is 69.9 cm³/mol. The van der Waals surface area contributed by atoms with Crippen molar-refractivity contribution >= 4 is 23.1 Å². The molecular weight excluding hydrogens is 240 g/mol. The monoisotopic (exact) mass is 256 g/mol. The van der Waals surface area contributed by atoms with Crippen molar-refractivity contribution in [2.24, 2.45) is 0 Å². The van der Waals surface area contributed by atoms with Crippen LogP contribution >= 0.6 is 11.8 Å². The van der Waals surface area contributed by atoms with E-state index in [1.165, 1.54) is 11.8 Å². The number of methoxy groups -OCH3 is 1. The number of nitro benzene ring substituents is 1. The van der Waals surface area contributed by atoms with E-state index in [9.17, 15) is 10.1 Å². The number of nitrogens with one attached hydrogen (secondary N) is 1. The third-order valence-electron chi connectivity index (χ3n) is 2.20. The summed E-state index contributed by atoms with van der Waals surface area (Å²) in [5.41, 5.74) is 0.698. The number of para-hydroxylation sites is 1. The smallest absolute Gasteiger partial charge is 0.305 e. The van der Waals surface area contributed by atoms with E-state index in [2.05, 4.69) is 5.32 Å². The second-order valence-corrected chi connectivity index (χ2v) is 4.49. The van der Waals surface area contributed by atoms with Crippen molar-refractivity contribution in [1.82, 2.24) is 0 Å². The molecule has 0 aromatic heterocycles. The highest BCUT2D eigenvalue weighted by molar-refractivity contribution is 7.99. The van der Waals surface area contributed by atoms with Crippen molar-refractivity contribution in [2.45, 2.75) is 11.3 Å². The molecule has 0 spiro atoms. The summed E-state index contributed by atoms with van der Waals surface area (Å²) in [5, 5.41) is 13.9. The van der Waals surface area contributed by atoms with Gasteiger partial charge >= 0.3 is 5.69 Å². The quantitative estimate of drug-likeness (QED) is 0.352. The van der Waals surface area contributed by atoms with Crippen LogP contribution in [0.1, 0.15) is 6.42 Å². The van der Waals surface area contributed by atoms with Gasteiger partial charge in [-0.2, -0.15) is 0 Å². The van der Waals surface area contributed by atoms with Crippen molar-refractivity contribution in [1.29, 1.82) is 0 Å². The molecule has 1 N–H and O–H groups in total. The van der Waals surface area contributed by atoms with Crippen LogP contribution < -0.4 is 5.32 Å². The van der Waals surface area contributed by atoms with Gasteiger partial charge < -0.3 is 10.1 Å². The predicted octanol–water partition coefficient (Wildman–Crippen LogP) is 2.77. The van der Waals surface area contributed by atoms with E-state index >= 15 is 0 Å². The molecule has 0 atom stereocenters. The number of nitro groups is 1. The maximum atomic E-state index is 11.0. The van der Waals surface area contributed by atoms with Gasteiger partial charge in [0.2, 0.25) is 0 Å². The molecule has 94 valence electrons. The number of hydrogen-bond donors (Lipinski definition) is 1. The van der Waals surface area contributed by atoms with Gasteiger partial charge in [0.05, 0.1) is 9.82 Å². The molecule has 1 rings (SSSR count). The molecule has 0 aliphatic rings. The first-order chi connectivity index (χ1) is 8.20. The van der Waals surface area contributed by atoms with Crippen molar-refractivity contribution in [3.05, 3.63) is 28.3 Å². The lowest BCUT2D eigenvalue weighted by molar-refractivity contribution is -0.386. The average molecular weight is 256 g/mol. The Morgan fingerprint density at radius 3 is 2.88 bits per heavy atom. The zero-order valence-corrected chi connectivity index (χ0v) is 10.8. The SMILES string of the molecule is CNc1cccc(SCCCOC)c1[N+](=O)[O-]. The summed E-state index contributed by atoms with van der Waals surface area (Å²) in [6.07, 6.45) is 0.877. The molecule has 0 saturated heterocycles. The van der Waals surface area contributed by atoms with Crippen molar-refractivity contribution in [3.8, 4) is 0 Å². The summed E-state index contributed by atoms with van der Waals surface area (Å²) in [6, 6.07) is 5.30. The minimum Gasteiger partial charge on any atom is -0.385 e. The van der Waals surface area contributed by atoms with E-state index in [-0.39, 0.29) is 10.6 Å². The van der Waals surface area contributed by atoms with Crippen LogP contribution in [0.15, 0.2) is 23.1 Å². The summed E-state index contributed by atoms with van der Waals surface area (Å²) in [6.45, 7) is 0.673. The van der Waals surface area contributed by atoms with Crippen LogP contribution in [-0.4, -0.2) is 31.4 Å². The average Bonchev–Trinajstić information content (AvgIpc) is 2.33. The fraction of sp³-hybridized carbons (Fsp3) is 0.455. The molecule has 17 heavy (non-hydrogen) atoms. The van der Waals surface area contributed by atoms with Crippen LogP contribution in [0.3, 0.4) is 0 Å². The minimum atomic E-state index is -0.343. The van der Waals surface area contributed by atoms with Gasteiger partial charge in [-0.05, 0) is 18.6 Å². The Bertz CT molecular complexity index is 385. The van der Waals surface area contributed by atoms with Crippen LogP contribution in [0.25, 0.3) is 0 Å². The second kappa shape index (κ2) is 7.13. The first kappa shape index (κ1) is 13.8. The molecule has 1 aromatic carbocycles. The minimum absolute atomic E-state index is 0.150. The van der Waals surface area contributed by atoms with Gasteiger partial charge in [-0.15, -0.1) is 11.8 Å². The highest BCUT2D eigenvalue weighted by atomic mass is 32.2. The number of hydrogen-bond acceptors (Lipinski definition) is 5. The number of benzene rings is 1. The van der Waals surface area contributed by atoms with E-state index in [0.717, 1.165) is 12.2 Å². The molecule has 0 aliphatic heterocycles. The molecule has 0 saturated carbocycles. The Labute approximate surface area is 105 Å². The number of nitrogens with zero attached hydrogens (tertiary/aromatic N) is 1.